The highest BCUT2D eigenvalue weighted by molar-refractivity contribution is 7.89. The van der Waals surface area contributed by atoms with Gasteiger partial charge in [0.2, 0.25) is 15.9 Å². The van der Waals surface area contributed by atoms with Crippen molar-refractivity contribution in [3.63, 3.8) is 0 Å². The molecule has 0 saturated carbocycles. The van der Waals surface area contributed by atoms with Crippen LogP contribution in [0.15, 0.2) is 29.2 Å². The van der Waals surface area contributed by atoms with Gasteiger partial charge < -0.3 is 15.2 Å². The number of amides is 1. The highest BCUT2D eigenvalue weighted by Gasteiger charge is 2.19. The van der Waals surface area contributed by atoms with E-state index in [9.17, 15) is 23.1 Å². The normalized spacial score (nSPS) is 12.7. The molecular weight excluding hydrogens is 284 g/mol. The number of benzene rings is 1. The number of carbonyl (C=O) groups is 2. The second kappa shape index (κ2) is 6.49. The second-order valence-electron chi connectivity index (χ2n) is 4.11. The fourth-order valence-electron chi connectivity index (χ4n) is 1.47. The predicted molar refractivity (Wildman–Crippen MR) is 70.2 cm³/mol. The molecule has 0 fully saturated rings. The van der Waals surface area contributed by atoms with Crippen molar-refractivity contribution in [1.82, 2.24) is 4.72 Å². The average Bonchev–Trinajstić information content (AvgIpc) is 2.35. The van der Waals surface area contributed by atoms with Gasteiger partial charge in [-0.05, 0) is 30.7 Å². The first-order valence-electron chi connectivity index (χ1n) is 5.87. The molecule has 0 aliphatic carbocycles. The van der Waals surface area contributed by atoms with Gasteiger partial charge in [-0.25, -0.2) is 13.1 Å². The van der Waals surface area contributed by atoms with Crippen LogP contribution in [0.1, 0.15) is 20.3 Å². The first kappa shape index (κ1) is 16.1. The van der Waals surface area contributed by atoms with E-state index in [1.165, 1.54) is 38.1 Å². The van der Waals surface area contributed by atoms with Crippen molar-refractivity contribution in [2.24, 2.45) is 0 Å². The Labute approximate surface area is 117 Å². The molecule has 7 nitrogen and oxygen atoms in total. The Balaban J connectivity index is 2.92. The summed E-state index contributed by atoms with van der Waals surface area (Å²) in [6, 6.07) is 4.09. The number of carboxylic acid groups (broad SMARTS) is 1. The van der Waals surface area contributed by atoms with Gasteiger partial charge in [0.05, 0.1) is 16.9 Å². The van der Waals surface area contributed by atoms with Crippen molar-refractivity contribution >= 4 is 27.6 Å². The molecular formula is C12H15N2O5S-. The lowest BCUT2D eigenvalue weighted by Gasteiger charge is -2.17. The predicted octanol–water partition coefficient (Wildman–Crippen LogP) is -0.548. The minimum absolute atomic E-state index is 0.0749. The Bertz CT molecular complexity index is 595. The third kappa shape index (κ3) is 4.32. The topological polar surface area (TPSA) is 115 Å². The van der Waals surface area contributed by atoms with Gasteiger partial charge in [-0.1, -0.05) is 6.92 Å². The lowest BCUT2D eigenvalue weighted by Crippen LogP contribution is -2.47. The minimum Gasteiger partial charge on any atom is -0.548 e. The third-order valence-electron chi connectivity index (χ3n) is 2.48. The Hall–Kier alpha value is -1.93. The van der Waals surface area contributed by atoms with E-state index < -0.39 is 22.0 Å². The number of carbonyl (C=O) groups excluding carboxylic acids is 2. The number of aliphatic carboxylic acids is 1. The monoisotopic (exact) mass is 299 g/mol. The summed E-state index contributed by atoms with van der Waals surface area (Å²) in [6.45, 7) is 2.86. The lowest BCUT2D eigenvalue weighted by molar-refractivity contribution is -0.308. The van der Waals surface area contributed by atoms with Crippen molar-refractivity contribution in [2.45, 2.75) is 31.2 Å². The average molecular weight is 299 g/mol. The fourth-order valence-corrected chi connectivity index (χ4v) is 2.74. The van der Waals surface area contributed by atoms with Crippen LogP contribution in [0.2, 0.25) is 0 Å². The van der Waals surface area contributed by atoms with Gasteiger partial charge in [0.15, 0.2) is 0 Å². The molecule has 1 aromatic carbocycles. The number of hydrogen-bond donors (Lipinski definition) is 2. The summed E-state index contributed by atoms with van der Waals surface area (Å²) in [5.41, 5.74) is 0.448. The standard InChI is InChI=1S/C12H16N2O5S/c1-3-11(12(16)17)14-20(18,19)10-6-4-9(5-7-10)13-8(2)15/h4-7,11,14H,3H2,1-2H3,(H,13,15)(H,16,17)/p-1/t11-/m0/s1. The SMILES string of the molecule is CC[C@H](NS(=O)(=O)c1ccc(NC(C)=O)cc1)C(=O)[O-]. The number of carboxylic acids is 1. The van der Waals surface area contributed by atoms with E-state index in [-0.39, 0.29) is 17.2 Å². The summed E-state index contributed by atoms with van der Waals surface area (Å²) < 4.78 is 25.9. The van der Waals surface area contributed by atoms with Crippen molar-refractivity contribution in [2.75, 3.05) is 5.32 Å². The van der Waals surface area contributed by atoms with Gasteiger partial charge in [-0.2, -0.15) is 0 Å². The maximum absolute atomic E-state index is 11.9. The molecule has 0 spiro atoms. The first-order valence-corrected chi connectivity index (χ1v) is 7.35. The van der Waals surface area contributed by atoms with E-state index >= 15 is 0 Å². The molecule has 2 N–H and O–H groups in total. The zero-order valence-electron chi connectivity index (χ0n) is 11.0. The molecule has 0 radical (unpaired) electrons. The van der Waals surface area contributed by atoms with Gasteiger partial charge >= 0.3 is 0 Å². The maximum atomic E-state index is 11.9. The van der Waals surface area contributed by atoms with E-state index in [4.69, 9.17) is 0 Å². The summed E-state index contributed by atoms with van der Waals surface area (Å²) >= 11 is 0. The Morgan fingerprint density at radius 1 is 1.25 bits per heavy atom. The molecule has 1 aromatic rings. The molecule has 0 aliphatic heterocycles. The van der Waals surface area contributed by atoms with Gasteiger partial charge in [-0.15, -0.1) is 0 Å². The summed E-state index contributed by atoms with van der Waals surface area (Å²) in [5.74, 6) is -1.76. The second-order valence-corrected chi connectivity index (χ2v) is 5.82. The highest BCUT2D eigenvalue weighted by atomic mass is 32.2. The van der Waals surface area contributed by atoms with Crippen LogP contribution in [-0.4, -0.2) is 26.3 Å². The third-order valence-corrected chi connectivity index (χ3v) is 3.96. The molecule has 0 bridgehead atoms. The van der Waals surface area contributed by atoms with E-state index in [0.717, 1.165) is 0 Å². The molecule has 1 amide bonds. The summed E-state index contributed by atoms with van der Waals surface area (Å²) in [6.07, 6.45) is 0.0749. The van der Waals surface area contributed by atoms with Gasteiger partial charge in [0.1, 0.15) is 0 Å². The molecule has 0 saturated heterocycles. The smallest absolute Gasteiger partial charge is 0.241 e. The van der Waals surface area contributed by atoms with Crippen LogP contribution in [0.4, 0.5) is 5.69 Å². The number of anilines is 1. The van der Waals surface area contributed by atoms with Crippen LogP contribution in [0, 0.1) is 0 Å². The Morgan fingerprint density at radius 2 is 1.80 bits per heavy atom. The molecule has 8 heteroatoms. The van der Waals surface area contributed by atoms with E-state index in [0.29, 0.717) is 5.69 Å². The Morgan fingerprint density at radius 3 is 2.20 bits per heavy atom. The minimum atomic E-state index is -3.95. The molecule has 0 aliphatic rings. The van der Waals surface area contributed by atoms with Crippen molar-refractivity contribution in [3.05, 3.63) is 24.3 Å². The number of sulfonamides is 1. The molecule has 1 atom stereocenters. The molecule has 0 unspecified atom stereocenters. The number of hydrogen-bond acceptors (Lipinski definition) is 5. The summed E-state index contributed by atoms with van der Waals surface area (Å²) in [4.78, 5) is 21.5. The van der Waals surface area contributed by atoms with Crippen molar-refractivity contribution < 1.29 is 23.1 Å². The number of rotatable bonds is 6. The molecule has 110 valence electrons. The van der Waals surface area contributed by atoms with Gasteiger partial charge in [0, 0.05) is 12.6 Å². The lowest BCUT2D eigenvalue weighted by atomic mass is 10.2. The molecule has 1 rings (SSSR count). The zero-order valence-corrected chi connectivity index (χ0v) is 11.9. The fraction of sp³-hybridized carbons (Fsp3) is 0.333. The Kier molecular flexibility index (Phi) is 5.23. The largest absolute Gasteiger partial charge is 0.548 e. The van der Waals surface area contributed by atoms with Crippen LogP contribution in [0.3, 0.4) is 0 Å². The zero-order chi connectivity index (χ0) is 15.3. The molecule has 0 aromatic heterocycles. The van der Waals surface area contributed by atoms with Crippen molar-refractivity contribution in [1.29, 1.82) is 0 Å². The number of nitrogens with one attached hydrogen (secondary N) is 2. The van der Waals surface area contributed by atoms with Crippen LogP contribution in [0.5, 0.6) is 0 Å². The highest BCUT2D eigenvalue weighted by Crippen LogP contribution is 2.14. The van der Waals surface area contributed by atoms with E-state index in [1.807, 2.05) is 4.72 Å². The van der Waals surface area contributed by atoms with Crippen LogP contribution < -0.4 is 15.1 Å². The molecule has 0 heterocycles. The maximum Gasteiger partial charge on any atom is 0.241 e. The van der Waals surface area contributed by atoms with E-state index in [1.54, 1.807) is 0 Å². The van der Waals surface area contributed by atoms with Crippen LogP contribution >= 0.6 is 0 Å². The van der Waals surface area contributed by atoms with Crippen LogP contribution in [0.25, 0.3) is 0 Å². The van der Waals surface area contributed by atoms with Crippen LogP contribution in [-0.2, 0) is 19.6 Å². The van der Waals surface area contributed by atoms with Gasteiger partial charge in [0.25, 0.3) is 0 Å². The van der Waals surface area contributed by atoms with Crippen molar-refractivity contribution in [3.8, 4) is 0 Å². The molecule has 20 heavy (non-hydrogen) atoms. The first-order chi connectivity index (χ1) is 9.26. The summed E-state index contributed by atoms with van der Waals surface area (Å²) in [5, 5.41) is 13.2. The quantitative estimate of drug-likeness (QED) is 0.731. The summed E-state index contributed by atoms with van der Waals surface area (Å²) in [7, 11) is -3.95. The van der Waals surface area contributed by atoms with E-state index in [2.05, 4.69) is 5.32 Å². The van der Waals surface area contributed by atoms with Gasteiger partial charge in [-0.3, -0.25) is 4.79 Å².